The van der Waals surface area contributed by atoms with Crippen molar-refractivity contribution in [2.75, 3.05) is 6.54 Å². The summed E-state index contributed by atoms with van der Waals surface area (Å²) in [6, 6.07) is 12.9. The van der Waals surface area contributed by atoms with Crippen LogP contribution in [0.15, 0.2) is 60.0 Å². The van der Waals surface area contributed by atoms with Crippen LogP contribution >= 0.6 is 11.8 Å². The molecule has 3 aromatic rings. The fourth-order valence-electron chi connectivity index (χ4n) is 4.50. The predicted molar refractivity (Wildman–Crippen MR) is 118 cm³/mol. The summed E-state index contributed by atoms with van der Waals surface area (Å²) in [5.41, 5.74) is 6.20. The number of thioether (sulfide) groups is 1. The van der Waals surface area contributed by atoms with Crippen molar-refractivity contribution in [3.05, 3.63) is 83.2 Å². The van der Waals surface area contributed by atoms with Crippen molar-refractivity contribution in [1.29, 1.82) is 0 Å². The van der Waals surface area contributed by atoms with Gasteiger partial charge in [-0.25, -0.2) is 0 Å². The van der Waals surface area contributed by atoms with Gasteiger partial charge < -0.3 is 9.47 Å². The second-order valence-electron chi connectivity index (χ2n) is 7.91. The molecule has 3 aromatic heterocycles. The van der Waals surface area contributed by atoms with Gasteiger partial charge in [-0.15, -0.1) is 0 Å². The second-order valence-corrected chi connectivity index (χ2v) is 9.32. The SMILES string of the molecule is Cc1cc([C@H]2[C@H](c3ccccn3)N=C3S[C@@H](C)CN32)c(C)n1Cc1cccnc1. The number of aromatic nitrogens is 3. The van der Waals surface area contributed by atoms with E-state index in [0.29, 0.717) is 5.25 Å². The van der Waals surface area contributed by atoms with Crippen LogP contribution in [0, 0.1) is 13.8 Å². The summed E-state index contributed by atoms with van der Waals surface area (Å²) >= 11 is 1.89. The molecule has 0 bridgehead atoms. The van der Waals surface area contributed by atoms with Crippen molar-refractivity contribution >= 4 is 16.9 Å². The van der Waals surface area contributed by atoms with Crippen LogP contribution in [0.25, 0.3) is 0 Å². The maximum Gasteiger partial charge on any atom is 0.160 e. The molecule has 0 aromatic carbocycles. The van der Waals surface area contributed by atoms with E-state index in [2.05, 4.69) is 64.5 Å². The van der Waals surface area contributed by atoms with Gasteiger partial charge in [0.25, 0.3) is 0 Å². The monoisotopic (exact) mass is 403 g/mol. The first kappa shape index (κ1) is 18.4. The van der Waals surface area contributed by atoms with Crippen LogP contribution in [0.5, 0.6) is 0 Å². The molecule has 5 nitrogen and oxygen atoms in total. The van der Waals surface area contributed by atoms with Gasteiger partial charge in [0.05, 0.1) is 11.7 Å². The molecule has 5 rings (SSSR count). The number of aryl methyl sites for hydroxylation is 1. The second kappa shape index (κ2) is 7.34. The van der Waals surface area contributed by atoms with E-state index in [1.807, 2.05) is 42.5 Å². The van der Waals surface area contributed by atoms with Gasteiger partial charge in [-0.3, -0.25) is 15.0 Å². The summed E-state index contributed by atoms with van der Waals surface area (Å²) in [5.74, 6) is 0. The Kier molecular flexibility index (Phi) is 4.66. The Bertz CT molecular complexity index is 1040. The molecule has 0 saturated carbocycles. The Balaban J connectivity index is 1.55. The molecular weight excluding hydrogens is 378 g/mol. The molecule has 29 heavy (non-hydrogen) atoms. The highest BCUT2D eigenvalue weighted by Gasteiger charge is 2.44. The molecule has 0 spiro atoms. The van der Waals surface area contributed by atoms with Gasteiger partial charge >= 0.3 is 0 Å². The van der Waals surface area contributed by atoms with Gasteiger partial charge in [0.1, 0.15) is 6.04 Å². The average Bonchev–Trinajstić information content (AvgIpc) is 3.35. The number of hydrogen-bond donors (Lipinski definition) is 0. The first-order valence-electron chi connectivity index (χ1n) is 10.1. The highest BCUT2D eigenvalue weighted by atomic mass is 32.2. The first-order chi connectivity index (χ1) is 14.1. The van der Waals surface area contributed by atoms with Crippen LogP contribution in [0.3, 0.4) is 0 Å². The first-order valence-corrected chi connectivity index (χ1v) is 11.0. The van der Waals surface area contributed by atoms with Crippen LogP contribution in [-0.2, 0) is 6.54 Å². The minimum Gasteiger partial charge on any atom is -0.344 e. The highest BCUT2D eigenvalue weighted by molar-refractivity contribution is 8.14. The summed E-state index contributed by atoms with van der Waals surface area (Å²) < 4.78 is 2.40. The molecule has 3 atom stereocenters. The van der Waals surface area contributed by atoms with Gasteiger partial charge in [-0.05, 0) is 49.2 Å². The number of hydrogen-bond acceptors (Lipinski definition) is 5. The van der Waals surface area contributed by atoms with Crippen LogP contribution < -0.4 is 0 Å². The number of amidine groups is 1. The van der Waals surface area contributed by atoms with Crippen molar-refractivity contribution in [1.82, 2.24) is 19.4 Å². The molecule has 1 fully saturated rings. The topological polar surface area (TPSA) is 46.3 Å². The van der Waals surface area contributed by atoms with Gasteiger partial charge in [-0.1, -0.05) is 30.8 Å². The van der Waals surface area contributed by atoms with E-state index in [4.69, 9.17) is 4.99 Å². The van der Waals surface area contributed by atoms with Gasteiger partial charge in [0.15, 0.2) is 5.17 Å². The smallest absolute Gasteiger partial charge is 0.160 e. The quantitative estimate of drug-likeness (QED) is 0.642. The number of fused-ring (bicyclic) bond motifs is 1. The van der Waals surface area contributed by atoms with Crippen LogP contribution in [-0.4, -0.2) is 36.4 Å². The molecule has 6 heteroatoms. The number of pyridine rings is 2. The van der Waals surface area contributed by atoms with Crippen molar-refractivity contribution in [3.63, 3.8) is 0 Å². The van der Waals surface area contributed by atoms with Crippen molar-refractivity contribution < 1.29 is 0 Å². The maximum absolute atomic E-state index is 5.12. The number of aliphatic imine (C=N–C) groups is 1. The third kappa shape index (κ3) is 3.25. The van der Waals surface area contributed by atoms with Gasteiger partial charge in [0, 0.05) is 48.3 Å². The predicted octanol–water partition coefficient (Wildman–Crippen LogP) is 4.53. The van der Waals surface area contributed by atoms with Gasteiger partial charge in [-0.2, -0.15) is 0 Å². The van der Waals surface area contributed by atoms with E-state index < -0.39 is 0 Å². The zero-order valence-electron chi connectivity index (χ0n) is 17.0. The maximum atomic E-state index is 5.12. The lowest BCUT2D eigenvalue weighted by molar-refractivity contribution is 0.320. The van der Waals surface area contributed by atoms with Crippen molar-refractivity contribution in [3.8, 4) is 0 Å². The standard InChI is InChI=1S/C23H25N5S/c1-15-11-19(17(3)27(15)14-18-7-6-9-24-12-18)22-21(20-8-4-5-10-25-20)26-23-28(22)13-16(2)29-23/h4-12,16,21-22H,13-14H2,1-3H3/t16-,21-,22-/m0/s1. The Labute approximate surface area is 175 Å². The third-order valence-corrected chi connectivity index (χ3v) is 6.98. The van der Waals surface area contributed by atoms with Gasteiger partial charge in [0.2, 0.25) is 0 Å². The molecule has 148 valence electrons. The summed E-state index contributed by atoms with van der Waals surface area (Å²) in [4.78, 5) is 16.5. The zero-order valence-corrected chi connectivity index (χ0v) is 17.8. The summed E-state index contributed by atoms with van der Waals surface area (Å²) in [6.07, 6.45) is 5.65. The van der Waals surface area contributed by atoms with Crippen LogP contribution in [0.1, 0.15) is 47.2 Å². The lowest BCUT2D eigenvalue weighted by Gasteiger charge is -2.27. The van der Waals surface area contributed by atoms with E-state index in [1.54, 1.807) is 0 Å². The number of rotatable bonds is 4. The number of nitrogens with zero attached hydrogens (tertiary/aromatic N) is 5. The fraction of sp³-hybridized carbons (Fsp3) is 0.348. The molecule has 2 aliphatic rings. The molecular formula is C23H25N5S. The third-order valence-electron chi connectivity index (χ3n) is 5.88. The molecule has 0 N–H and O–H groups in total. The van der Waals surface area contributed by atoms with E-state index in [-0.39, 0.29) is 12.1 Å². The minimum atomic E-state index is 0.0403. The highest BCUT2D eigenvalue weighted by Crippen LogP contribution is 2.48. The van der Waals surface area contributed by atoms with E-state index in [1.165, 1.54) is 22.5 Å². The van der Waals surface area contributed by atoms with Crippen molar-refractivity contribution in [2.45, 2.75) is 44.6 Å². The van der Waals surface area contributed by atoms with E-state index >= 15 is 0 Å². The fourth-order valence-corrected chi connectivity index (χ4v) is 5.59. The molecule has 1 saturated heterocycles. The summed E-state index contributed by atoms with van der Waals surface area (Å²) in [6.45, 7) is 8.58. The molecule has 0 radical (unpaired) electrons. The molecule has 0 aliphatic carbocycles. The Morgan fingerprint density at radius 2 is 2.03 bits per heavy atom. The normalized spacial score (nSPS) is 23.3. The lowest BCUT2D eigenvalue weighted by atomic mass is 9.96. The van der Waals surface area contributed by atoms with Crippen LogP contribution in [0.2, 0.25) is 0 Å². The molecule has 0 amide bonds. The summed E-state index contributed by atoms with van der Waals surface area (Å²) in [7, 11) is 0. The molecule has 2 aliphatic heterocycles. The van der Waals surface area contributed by atoms with E-state index in [9.17, 15) is 0 Å². The summed E-state index contributed by atoms with van der Waals surface area (Å²) in [5, 5.41) is 1.73. The average molecular weight is 404 g/mol. The largest absolute Gasteiger partial charge is 0.344 e. The Morgan fingerprint density at radius 1 is 1.14 bits per heavy atom. The Morgan fingerprint density at radius 3 is 2.79 bits per heavy atom. The van der Waals surface area contributed by atoms with E-state index in [0.717, 1.165) is 24.0 Å². The van der Waals surface area contributed by atoms with Crippen LogP contribution in [0.4, 0.5) is 0 Å². The lowest BCUT2D eigenvalue weighted by Crippen LogP contribution is -2.29. The molecule has 5 heterocycles. The zero-order chi connectivity index (χ0) is 20.0. The molecule has 0 unspecified atom stereocenters. The minimum absolute atomic E-state index is 0.0403. The Hall–Kier alpha value is -2.60. The van der Waals surface area contributed by atoms with Crippen molar-refractivity contribution in [2.24, 2.45) is 4.99 Å².